The van der Waals surface area contributed by atoms with Crippen molar-refractivity contribution >= 4 is 16.3 Å². The number of carbonyl (C=O) groups is 1. The first-order valence-corrected chi connectivity index (χ1v) is 13.5. The minimum Gasteiger partial charge on any atom is -0.397 e. The molecule has 0 N–H and O–H groups in total. The van der Waals surface area contributed by atoms with E-state index < -0.39 is 58.0 Å². The van der Waals surface area contributed by atoms with Gasteiger partial charge in [-0.25, -0.2) is 4.79 Å². The van der Waals surface area contributed by atoms with E-state index in [0.29, 0.717) is 5.56 Å². The number of carbonyl (C=O) groups excluding carboxylic acids is 1. The lowest BCUT2D eigenvalue weighted by Crippen LogP contribution is -2.73. The fourth-order valence-electron chi connectivity index (χ4n) is 3.77. The van der Waals surface area contributed by atoms with Crippen LogP contribution in [0.1, 0.15) is 5.56 Å². The molecule has 248 valence electrons. The molecule has 3 aromatic carbocycles. The van der Waals surface area contributed by atoms with Gasteiger partial charge in [0.15, 0.2) is 0 Å². The molecule has 0 amide bonds. The highest BCUT2D eigenvalue weighted by molar-refractivity contribution is 8.30. The lowest BCUT2D eigenvalue weighted by molar-refractivity contribution is -0.450. The summed E-state index contributed by atoms with van der Waals surface area (Å²) in [7, 11) is -4.06. The molecule has 0 aliphatic heterocycles. The number of alkyl halides is 15. The van der Waals surface area contributed by atoms with Gasteiger partial charge in [0.25, 0.3) is 0 Å². The maximum Gasteiger partial charge on any atom is 0.460 e. The van der Waals surface area contributed by atoms with Crippen molar-refractivity contribution in [1.29, 1.82) is 0 Å². The Morgan fingerprint density at radius 3 is 1.20 bits per heavy atom. The van der Waals surface area contributed by atoms with E-state index >= 15 is 8.78 Å². The molecule has 0 aromatic heterocycles. The second-order valence-corrected chi connectivity index (χ2v) is 12.0. The molecule has 0 heterocycles. The van der Waals surface area contributed by atoms with Crippen LogP contribution in [-0.4, -0.2) is 47.7 Å². The molecular weight excluding hydrogens is 673 g/mol. The molecule has 0 saturated carbocycles. The number of halogens is 15. The Kier molecular flexibility index (Phi) is 9.05. The second-order valence-electron chi connectivity index (χ2n) is 9.31. The van der Waals surface area contributed by atoms with Gasteiger partial charge in [-0.2, -0.15) is 65.9 Å². The highest BCUT2D eigenvalue weighted by atomic mass is 32.3. The summed E-state index contributed by atoms with van der Waals surface area (Å²) in [6.45, 7) is 1.53. The van der Waals surface area contributed by atoms with Gasteiger partial charge in [0, 0.05) is 14.7 Å². The number of aryl methyl sites for hydroxylation is 1. The van der Waals surface area contributed by atoms with Gasteiger partial charge in [-0.05, 0) is 53.6 Å². The van der Waals surface area contributed by atoms with Crippen LogP contribution in [0.2, 0.25) is 0 Å². The summed E-state index contributed by atoms with van der Waals surface area (Å²) in [4.78, 5) is 12.0. The highest BCUT2D eigenvalue weighted by Gasteiger charge is 2.94. The molecule has 18 heteroatoms. The van der Waals surface area contributed by atoms with E-state index in [4.69, 9.17) is 4.18 Å². The summed E-state index contributed by atoms with van der Waals surface area (Å²) in [5, 5.41) is 0. The first-order chi connectivity index (χ1) is 20.3. The predicted octanol–water partition coefficient (Wildman–Crippen LogP) is 10.1. The SMILES string of the molecule is Cc1ccc(S(OC(=O)C(F)(F)C(F)(F)C(F)(F)C(F)(F)C(F)(F)C(F)(F)C(F)(F)F)(c2ccccc2)c2ccccc2)cc1. The zero-order valence-electron chi connectivity index (χ0n) is 22.0. The van der Waals surface area contributed by atoms with Gasteiger partial charge >= 0.3 is 47.7 Å². The van der Waals surface area contributed by atoms with Gasteiger partial charge in [0.05, 0.1) is 0 Å². The van der Waals surface area contributed by atoms with Gasteiger partial charge in [-0.15, -0.1) is 0 Å². The van der Waals surface area contributed by atoms with Crippen molar-refractivity contribution in [3.63, 3.8) is 0 Å². The van der Waals surface area contributed by atoms with Crippen LogP contribution in [0.4, 0.5) is 65.9 Å². The quantitative estimate of drug-likeness (QED) is 0.198. The monoisotopic (exact) mass is 690 g/mol. The second kappa shape index (κ2) is 11.3. The summed E-state index contributed by atoms with van der Waals surface area (Å²) in [6, 6.07) is 17.1. The zero-order valence-corrected chi connectivity index (χ0v) is 22.8. The summed E-state index contributed by atoms with van der Waals surface area (Å²) in [5.74, 6) is -52.6. The zero-order chi connectivity index (χ0) is 34.5. The summed E-state index contributed by atoms with van der Waals surface area (Å²) in [6.07, 6.45) is -7.74. The average molecular weight is 690 g/mol. The number of rotatable bonds is 10. The van der Waals surface area contributed by atoms with Crippen LogP contribution in [-0.2, 0) is 8.98 Å². The van der Waals surface area contributed by atoms with Crippen LogP contribution in [0.25, 0.3) is 0 Å². The van der Waals surface area contributed by atoms with Crippen LogP contribution in [0.15, 0.2) is 99.6 Å². The molecule has 0 aliphatic rings. The van der Waals surface area contributed by atoms with Crippen LogP contribution < -0.4 is 0 Å². The van der Waals surface area contributed by atoms with Gasteiger partial charge in [-0.3, -0.25) is 0 Å². The first kappa shape index (κ1) is 35.9. The van der Waals surface area contributed by atoms with E-state index in [1.165, 1.54) is 55.5 Å². The molecule has 3 aromatic rings. The molecule has 0 bridgehead atoms. The molecule has 0 atom stereocenters. The van der Waals surface area contributed by atoms with E-state index in [1.807, 2.05) is 0 Å². The molecule has 0 radical (unpaired) electrons. The Hall–Kier alpha value is -3.57. The van der Waals surface area contributed by atoms with E-state index in [1.54, 1.807) is 0 Å². The van der Waals surface area contributed by atoms with E-state index in [0.717, 1.165) is 36.4 Å². The largest absolute Gasteiger partial charge is 0.460 e. The molecule has 0 spiro atoms. The molecule has 0 aliphatic carbocycles. The third kappa shape index (κ3) is 5.37. The first-order valence-electron chi connectivity index (χ1n) is 11.9. The predicted molar refractivity (Wildman–Crippen MR) is 128 cm³/mol. The normalized spacial score (nSPS) is 14.7. The average Bonchev–Trinajstić information content (AvgIpc) is 2.96. The Morgan fingerprint density at radius 2 is 0.822 bits per heavy atom. The fraction of sp³-hybridized carbons (Fsp3) is 0.296. The number of benzene rings is 3. The van der Waals surface area contributed by atoms with Gasteiger partial charge in [-0.1, -0.05) is 54.1 Å². The van der Waals surface area contributed by atoms with Gasteiger partial charge in [0.2, 0.25) is 0 Å². The summed E-state index contributed by atoms with van der Waals surface area (Å²) >= 11 is 0. The van der Waals surface area contributed by atoms with Crippen LogP contribution in [0.3, 0.4) is 0 Å². The third-order valence-corrected chi connectivity index (χ3v) is 9.50. The van der Waals surface area contributed by atoms with Crippen molar-refractivity contribution in [2.24, 2.45) is 0 Å². The van der Waals surface area contributed by atoms with Crippen molar-refractivity contribution in [2.45, 2.75) is 63.3 Å². The number of hydrogen-bond acceptors (Lipinski definition) is 2. The highest BCUT2D eigenvalue weighted by Crippen LogP contribution is 2.70. The summed E-state index contributed by atoms with van der Waals surface area (Å²) < 4.78 is 212. The maximum atomic E-state index is 15.0. The van der Waals surface area contributed by atoms with Crippen LogP contribution in [0.5, 0.6) is 0 Å². The van der Waals surface area contributed by atoms with Crippen molar-refractivity contribution in [3.8, 4) is 0 Å². The van der Waals surface area contributed by atoms with Crippen molar-refractivity contribution < 1.29 is 74.8 Å². The van der Waals surface area contributed by atoms with Crippen molar-refractivity contribution in [2.75, 3.05) is 0 Å². The summed E-state index contributed by atoms with van der Waals surface area (Å²) in [5.41, 5.74) is 0.509. The minimum atomic E-state index is -8.54. The van der Waals surface area contributed by atoms with E-state index in [2.05, 4.69) is 0 Å². The molecule has 3 rings (SSSR count). The minimum absolute atomic E-state index is 0.244. The van der Waals surface area contributed by atoms with Crippen LogP contribution in [0, 0.1) is 6.92 Å². The maximum absolute atomic E-state index is 15.0. The molecule has 45 heavy (non-hydrogen) atoms. The lowest BCUT2D eigenvalue weighted by Gasteiger charge is -2.43. The topological polar surface area (TPSA) is 26.3 Å². The van der Waals surface area contributed by atoms with Crippen molar-refractivity contribution in [1.82, 2.24) is 0 Å². The molecule has 0 saturated heterocycles. The van der Waals surface area contributed by atoms with Gasteiger partial charge < -0.3 is 4.18 Å². The Morgan fingerprint density at radius 1 is 0.489 bits per heavy atom. The third-order valence-electron chi connectivity index (χ3n) is 6.29. The smallest absolute Gasteiger partial charge is 0.397 e. The Labute approximate surface area is 245 Å². The van der Waals surface area contributed by atoms with Gasteiger partial charge in [0.1, 0.15) is 0 Å². The van der Waals surface area contributed by atoms with Crippen LogP contribution >= 0.6 is 10.3 Å². The van der Waals surface area contributed by atoms with E-state index in [9.17, 15) is 61.9 Å². The number of hydrogen-bond donors (Lipinski definition) is 0. The molecular formula is C27H17F15O2S. The lowest BCUT2D eigenvalue weighted by atomic mass is 9.91. The van der Waals surface area contributed by atoms with E-state index in [-0.39, 0.29) is 14.7 Å². The molecule has 0 fully saturated rings. The fourth-order valence-corrected chi connectivity index (χ4v) is 6.80. The standard InChI is InChI=1S/C27H17F15O2S/c1-16-12-14-19(15-13-16)45(17-8-4-2-5-9-17,18-10-6-3-7-11-18)44-20(43)21(28,29)22(30,31)23(32,33)24(34,35)25(36,37)26(38,39)27(40,41)42/h2-15H,1H3. The Balaban J connectivity index is 2.24. The molecule has 0 unspecified atom stereocenters. The Bertz CT molecular complexity index is 1450. The van der Waals surface area contributed by atoms with Crippen molar-refractivity contribution in [3.05, 3.63) is 90.5 Å². The molecule has 2 nitrogen and oxygen atoms in total.